The van der Waals surface area contributed by atoms with Crippen molar-refractivity contribution in [2.45, 2.75) is 25.8 Å². The van der Waals surface area contributed by atoms with Gasteiger partial charge in [0.1, 0.15) is 5.82 Å². The van der Waals surface area contributed by atoms with Crippen LogP contribution in [0, 0.1) is 0 Å². The van der Waals surface area contributed by atoms with Crippen molar-refractivity contribution in [1.29, 1.82) is 0 Å². The number of carbonyl (C=O) groups excluding carboxylic acids is 1. The Balaban J connectivity index is 1.76. The van der Waals surface area contributed by atoms with E-state index in [2.05, 4.69) is 45.3 Å². The maximum absolute atomic E-state index is 11.9. The summed E-state index contributed by atoms with van der Waals surface area (Å²) in [6.45, 7) is 2.91. The van der Waals surface area contributed by atoms with Gasteiger partial charge in [-0.05, 0) is 59.1 Å². The first-order valence-corrected chi connectivity index (χ1v) is 8.21. The Hall–Kier alpha value is -1.88. The summed E-state index contributed by atoms with van der Waals surface area (Å²) < 4.78 is 0.959. The third-order valence-electron chi connectivity index (χ3n) is 3.85. The van der Waals surface area contributed by atoms with Crippen LogP contribution in [0.4, 0.5) is 11.5 Å². The van der Waals surface area contributed by atoms with Gasteiger partial charge >= 0.3 is 0 Å². The molecule has 0 saturated carbocycles. The predicted octanol–water partition coefficient (Wildman–Crippen LogP) is 4.14. The van der Waals surface area contributed by atoms with Crippen molar-refractivity contribution >= 4 is 33.3 Å². The molecule has 2 aromatic rings. The molecule has 1 saturated heterocycles. The Kier molecular flexibility index (Phi) is 4.43. The lowest BCUT2D eigenvalue weighted by Gasteiger charge is -2.20. The minimum Gasteiger partial charge on any atom is -0.364 e. The van der Waals surface area contributed by atoms with E-state index in [1.807, 2.05) is 29.2 Å². The minimum absolute atomic E-state index is 0.117. The fourth-order valence-electron chi connectivity index (χ4n) is 2.65. The Morgan fingerprint density at radius 2 is 2.18 bits per heavy atom. The van der Waals surface area contributed by atoms with Crippen LogP contribution >= 0.6 is 15.9 Å². The Morgan fingerprint density at radius 1 is 1.32 bits per heavy atom. The summed E-state index contributed by atoms with van der Waals surface area (Å²) in [6.07, 6.45) is 3.37. The van der Waals surface area contributed by atoms with E-state index in [0.717, 1.165) is 34.5 Å². The highest BCUT2D eigenvalue weighted by Crippen LogP contribution is 2.26. The molecule has 1 amide bonds. The normalized spacial score (nSPS) is 15.9. The van der Waals surface area contributed by atoms with E-state index in [1.54, 1.807) is 6.20 Å². The number of benzene rings is 1. The van der Waals surface area contributed by atoms with Crippen LogP contribution in [0.25, 0.3) is 0 Å². The minimum atomic E-state index is 0.117. The van der Waals surface area contributed by atoms with Crippen LogP contribution in [0.2, 0.25) is 0 Å². The van der Waals surface area contributed by atoms with E-state index < -0.39 is 0 Å². The van der Waals surface area contributed by atoms with Gasteiger partial charge in [0.2, 0.25) is 5.91 Å². The fourth-order valence-corrected chi connectivity index (χ4v) is 2.88. The summed E-state index contributed by atoms with van der Waals surface area (Å²) in [4.78, 5) is 18.1. The van der Waals surface area contributed by atoms with Crippen LogP contribution < -0.4 is 10.2 Å². The molecule has 1 fully saturated rings. The van der Waals surface area contributed by atoms with Crippen LogP contribution in [0.3, 0.4) is 0 Å². The first-order valence-electron chi connectivity index (χ1n) is 7.42. The molecular formula is C17H18BrN3O. The number of carbonyl (C=O) groups is 1. The van der Waals surface area contributed by atoms with Crippen LogP contribution in [-0.2, 0) is 4.79 Å². The molecular weight excluding hydrogens is 342 g/mol. The third kappa shape index (κ3) is 3.30. The molecule has 4 nitrogen and oxygen atoms in total. The standard InChI is InChI=1S/C17H18BrN3O/c1-12(20-16-8-7-14(18)11-19-16)13-4-2-5-15(10-13)21-9-3-6-17(21)22/h2,4-5,7-8,10-12H,3,6,9H2,1H3,(H,19,20). The number of hydrogen-bond acceptors (Lipinski definition) is 3. The molecule has 0 radical (unpaired) electrons. The van der Waals surface area contributed by atoms with E-state index in [0.29, 0.717) is 6.42 Å². The molecule has 1 aromatic carbocycles. The summed E-state index contributed by atoms with van der Waals surface area (Å²) in [5.41, 5.74) is 2.12. The molecule has 1 aliphatic rings. The lowest BCUT2D eigenvalue weighted by molar-refractivity contribution is -0.117. The highest BCUT2D eigenvalue weighted by molar-refractivity contribution is 9.10. The van der Waals surface area contributed by atoms with E-state index in [4.69, 9.17) is 0 Å². The number of halogens is 1. The number of aromatic nitrogens is 1. The van der Waals surface area contributed by atoms with Crippen molar-refractivity contribution < 1.29 is 4.79 Å². The highest BCUT2D eigenvalue weighted by Gasteiger charge is 2.22. The molecule has 1 atom stereocenters. The summed E-state index contributed by atoms with van der Waals surface area (Å²) in [5.74, 6) is 1.05. The molecule has 0 bridgehead atoms. The maximum atomic E-state index is 11.9. The molecule has 22 heavy (non-hydrogen) atoms. The van der Waals surface area contributed by atoms with Gasteiger partial charge in [-0.3, -0.25) is 4.79 Å². The second kappa shape index (κ2) is 6.48. The lowest BCUT2D eigenvalue weighted by Crippen LogP contribution is -2.23. The molecule has 5 heteroatoms. The number of hydrogen-bond donors (Lipinski definition) is 1. The molecule has 0 aliphatic carbocycles. The van der Waals surface area contributed by atoms with Gasteiger partial charge in [0, 0.05) is 29.3 Å². The molecule has 0 spiro atoms. The van der Waals surface area contributed by atoms with Crippen LogP contribution in [0.1, 0.15) is 31.4 Å². The molecule has 2 heterocycles. The topological polar surface area (TPSA) is 45.2 Å². The smallest absolute Gasteiger partial charge is 0.227 e. The van der Waals surface area contributed by atoms with E-state index in [-0.39, 0.29) is 11.9 Å². The van der Waals surface area contributed by atoms with Gasteiger partial charge in [-0.2, -0.15) is 0 Å². The molecule has 1 aliphatic heterocycles. The van der Waals surface area contributed by atoms with E-state index >= 15 is 0 Å². The van der Waals surface area contributed by atoms with Gasteiger partial charge in [-0.25, -0.2) is 4.98 Å². The zero-order chi connectivity index (χ0) is 15.5. The monoisotopic (exact) mass is 359 g/mol. The highest BCUT2D eigenvalue weighted by atomic mass is 79.9. The molecule has 1 N–H and O–H groups in total. The summed E-state index contributed by atoms with van der Waals surface area (Å²) in [6, 6.07) is 12.2. The molecule has 1 aromatic heterocycles. The van der Waals surface area contributed by atoms with Gasteiger partial charge in [-0.15, -0.1) is 0 Å². The fraction of sp³-hybridized carbons (Fsp3) is 0.294. The third-order valence-corrected chi connectivity index (χ3v) is 4.32. The zero-order valence-corrected chi connectivity index (χ0v) is 14.0. The first-order chi connectivity index (χ1) is 10.6. The van der Waals surface area contributed by atoms with Gasteiger partial charge in [0.15, 0.2) is 0 Å². The number of nitrogens with zero attached hydrogens (tertiary/aromatic N) is 2. The quantitative estimate of drug-likeness (QED) is 0.891. The van der Waals surface area contributed by atoms with Crippen molar-refractivity contribution in [3.05, 3.63) is 52.6 Å². The second-order valence-corrected chi connectivity index (χ2v) is 6.39. The lowest BCUT2D eigenvalue weighted by atomic mass is 10.1. The molecule has 114 valence electrons. The Bertz CT molecular complexity index is 672. The van der Waals surface area contributed by atoms with E-state index in [1.165, 1.54) is 0 Å². The van der Waals surface area contributed by atoms with Crippen molar-refractivity contribution in [2.75, 3.05) is 16.8 Å². The number of anilines is 2. The van der Waals surface area contributed by atoms with Gasteiger partial charge < -0.3 is 10.2 Å². The summed E-state index contributed by atoms with van der Waals surface area (Å²) in [7, 11) is 0. The van der Waals surface area contributed by atoms with Crippen molar-refractivity contribution in [3.8, 4) is 0 Å². The first kappa shape index (κ1) is 15.0. The summed E-state index contributed by atoms with van der Waals surface area (Å²) in [5, 5.41) is 3.38. The van der Waals surface area contributed by atoms with Crippen molar-refractivity contribution in [2.24, 2.45) is 0 Å². The molecule has 3 rings (SSSR count). The van der Waals surface area contributed by atoms with Crippen LogP contribution in [0.15, 0.2) is 47.1 Å². The van der Waals surface area contributed by atoms with Crippen molar-refractivity contribution in [3.63, 3.8) is 0 Å². The summed E-state index contributed by atoms with van der Waals surface area (Å²) >= 11 is 3.38. The SMILES string of the molecule is CC(Nc1ccc(Br)cn1)c1cccc(N2CCCC2=O)c1. The predicted molar refractivity (Wildman–Crippen MR) is 92.0 cm³/mol. The average Bonchev–Trinajstić information content (AvgIpc) is 2.96. The number of rotatable bonds is 4. The number of pyridine rings is 1. The zero-order valence-electron chi connectivity index (χ0n) is 12.4. The second-order valence-electron chi connectivity index (χ2n) is 5.47. The number of amides is 1. The Morgan fingerprint density at radius 3 is 2.86 bits per heavy atom. The van der Waals surface area contributed by atoms with Crippen LogP contribution in [-0.4, -0.2) is 17.4 Å². The van der Waals surface area contributed by atoms with Gasteiger partial charge in [0.25, 0.3) is 0 Å². The van der Waals surface area contributed by atoms with Crippen molar-refractivity contribution in [1.82, 2.24) is 4.98 Å². The molecule has 1 unspecified atom stereocenters. The van der Waals surface area contributed by atoms with Gasteiger partial charge in [0.05, 0.1) is 6.04 Å². The maximum Gasteiger partial charge on any atom is 0.227 e. The largest absolute Gasteiger partial charge is 0.364 e. The van der Waals surface area contributed by atoms with Gasteiger partial charge in [-0.1, -0.05) is 12.1 Å². The Labute approximate surface area is 138 Å². The van der Waals surface area contributed by atoms with E-state index in [9.17, 15) is 4.79 Å². The number of nitrogens with one attached hydrogen (secondary N) is 1. The average molecular weight is 360 g/mol. The van der Waals surface area contributed by atoms with Crippen LogP contribution in [0.5, 0.6) is 0 Å².